The molecule has 1 atom stereocenters. The van der Waals surface area contributed by atoms with Crippen LogP contribution in [0, 0.1) is 0 Å². The molecule has 0 aliphatic carbocycles. The molecule has 1 N–H and O–H groups in total. The van der Waals surface area contributed by atoms with Gasteiger partial charge < -0.3 is 14.8 Å². The lowest BCUT2D eigenvalue weighted by Crippen LogP contribution is -2.30. The number of aryl methyl sites for hydroxylation is 1. The SMILES string of the molecule is CCn1c(=O)sc2cc(NC(=O)[C@@H](C)Oc3ccccc3OC)ccc21. The Morgan fingerprint density at radius 3 is 2.65 bits per heavy atom. The highest BCUT2D eigenvalue weighted by Crippen LogP contribution is 2.27. The van der Waals surface area contributed by atoms with Crippen LogP contribution in [0.1, 0.15) is 13.8 Å². The predicted molar refractivity (Wildman–Crippen MR) is 103 cm³/mol. The molecule has 0 radical (unpaired) electrons. The molecule has 0 spiro atoms. The highest BCUT2D eigenvalue weighted by molar-refractivity contribution is 7.16. The number of aromatic nitrogens is 1. The Morgan fingerprint density at radius 2 is 1.96 bits per heavy atom. The van der Waals surface area contributed by atoms with Crippen LogP contribution >= 0.6 is 11.3 Å². The van der Waals surface area contributed by atoms with Crippen molar-refractivity contribution in [3.63, 3.8) is 0 Å². The van der Waals surface area contributed by atoms with Gasteiger partial charge in [0.15, 0.2) is 17.6 Å². The summed E-state index contributed by atoms with van der Waals surface area (Å²) >= 11 is 1.17. The molecule has 0 unspecified atom stereocenters. The van der Waals surface area contributed by atoms with Crippen molar-refractivity contribution in [1.29, 1.82) is 0 Å². The summed E-state index contributed by atoms with van der Waals surface area (Å²) in [5, 5.41) is 2.83. The molecule has 1 amide bonds. The monoisotopic (exact) mass is 372 g/mol. The number of hydrogen-bond donors (Lipinski definition) is 1. The molecule has 1 heterocycles. The minimum atomic E-state index is -0.707. The third-order valence-corrected chi connectivity index (χ3v) is 4.94. The van der Waals surface area contributed by atoms with Crippen LogP contribution in [-0.4, -0.2) is 23.7 Å². The fourth-order valence-corrected chi connectivity index (χ4v) is 3.64. The number of para-hydroxylation sites is 2. The lowest BCUT2D eigenvalue weighted by atomic mass is 10.2. The number of amides is 1. The molecule has 0 aliphatic heterocycles. The first-order chi connectivity index (χ1) is 12.5. The van der Waals surface area contributed by atoms with Crippen LogP contribution in [0.3, 0.4) is 0 Å². The van der Waals surface area contributed by atoms with E-state index in [1.807, 2.05) is 25.1 Å². The second-order valence-corrected chi connectivity index (χ2v) is 6.69. The highest BCUT2D eigenvalue weighted by atomic mass is 32.1. The molecule has 0 saturated carbocycles. The number of nitrogens with zero attached hydrogens (tertiary/aromatic N) is 1. The molecule has 136 valence electrons. The van der Waals surface area contributed by atoms with Gasteiger partial charge in [-0.25, -0.2) is 0 Å². The normalized spacial score (nSPS) is 12.0. The fourth-order valence-electron chi connectivity index (χ4n) is 2.65. The van der Waals surface area contributed by atoms with Crippen molar-refractivity contribution in [3.8, 4) is 11.5 Å². The van der Waals surface area contributed by atoms with Crippen molar-refractivity contribution < 1.29 is 14.3 Å². The number of methoxy groups -OCH3 is 1. The van der Waals surface area contributed by atoms with E-state index in [4.69, 9.17) is 9.47 Å². The van der Waals surface area contributed by atoms with Crippen LogP contribution in [0.5, 0.6) is 11.5 Å². The second kappa shape index (κ2) is 7.61. The van der Waals surface area contributed by atoms with Crippen LogP contribution in [-0.2, 0) is 11.3 Å². The molecule has 0 bridgehead atoms. The maximum Gasteiger partial charge on any atom is 0.308 e. The number of nitrogens with one attached hydrogen (secondary N) is 1. The fraction of sp³-hybridized carbons (Fsp3) is 0.263. The van der Waals surface area contributed by atoms with E-state index in [0.717, 1.165) is 10.2 Å². The maximum absolute atomic E-state index is 12.4. The standard InChI is InChI=1S/C19H20N2O4S/c1-4-21-14-10-9-13(11-17(14)26-19(21)23)20-18(22)12(2)25-16-8-6-5-7-15(16)24-3/h5-12H,4H2,1-3H3,(H,20,22)/t12-/m1/s1. The van der Waals surface area contributed by atoms with Crippen molar-refractivity contribution in [2.24, 2.45) is 0 Å². The first-order valence-corrected chi connectivity index (χ1v) is 9.09. The number of benzene rings is 2. The molecule has 3 aromatic rings. The number of hydrogen-bond acceptors (Lipinski definition) is 5. The lowest BCUT2D eigenvalue weighted by Gasteiger charge is -2.16. The van der Waals surface area contributed by atoms with E-state index in [0.29, 0.717) is 23.7 Å². The maximum atomic E-state index is 12.4. The quantitative estimate of drug-likeness (QED) is 0.719. The van der Waals surface area contributed by atoms with Crippen LogP contribution in [0.15, 0.2) is 47.3 Å². The van der Waals surface area contributed by atoms with Gasteiger partial charge in [-0.1, -0.05) is 23.5 Å². The lowest BCUT2D eigenvalue weighted by molar-refractivity contribution is -0.122. The van der Waals surface area contributed by atoms with Gasteiger partial charge in [0.1, 0.15) is 0 Å². The Kier molecular flexibility index (Phi) is 5.27. The average Bonchev–Trinajstić information content (AvgIpc) is 2.96. The molecule has 2 aromatic carbocycles. The number of anilines is 1. The van der Waals surface area contributed by atoms with Gasteiger partial charge >= 0.3 is 4.87 Å². The van der Waals surface area contributed by atoms with Gasteiger partial charge in [-0.2, -0.15) is 0 Å². The number of carbonyl (C=O) groups is 1. The Bertz CT molecular complexity index is 993. The Hall–Kier alpha value is -2.80. The summed E-state index contributed by atoms with van der Waals surface area (Å²) in [4.78, 5) is 24.4. The summed E-state index contributed by atoms with van der Waals surface area (Å²) in [5.41, 5.74) is 1.50. The molecule has 0 fully saturated rings. The van der Waals surface area contributed by atoms with Gasteiger partial charge in [0.2, 0.25) is 0 Å². The van der Waals surface area contributed by atoms with E-state index in [1.54, 1.807) is 42.9 Å². The first-order valence-electron chi connectivity index (χ1n) is 8.27. The zero-order valence-electron chi connectivity index (χ0n) is 14.8. The molecule has 0 aliphatic rings. The Balaban J connectivity index is 1.74. The van der Waals surface area contributed by atoms with Gasteiger partial charge in [0.05, 0.1) is 17.3 Å². The molecule has 7 heteroatoms. The minimum absolute atomic E-state index is 0.00106. The number of carbonyl (C=O) groups excluding carboxylic acids is 1. The smallest absolute Gasteiger partial charge is 0.308 e. The van der Waals surface area contributed by atoms with Gasteiger partial charge in [-0.05, 0) is 44.2 Å². The number of rotatable bonds is 6. The summed E-state index contributed by atoms with van der Waals surface area (Å²) in [6, 6.07) is 12.6. The average molecular weight is 372 g/mol. The summed E-state index contributed by atoms with van der Waals surface area (Å²) < 4.78 is 13.5. The van der Waals surface area contributed by atoms with Gasteiger partial charge in [-0.15, -0.1) is 0 Å². The molecular weight excluding hydrogens is 352 g/mol. The zero-order chi connectivity index (χ0) is 18.7. The topological polar surface area (TPSA) is 69.6 Å². The van der Waals surface area contributed by atoms with E-state index < -0.39 is 6.10 Å². The summed E-state index contributed by atoms with van der Waals surface area (Å²) in [5.74, 6) is 0.795. The number of fused-ring (bicyclic) bond motifs is 1. The molecular formula is C19H20N2O4S. The van der Waals surface area contributed by atoms with Gasteiger partial charge in [0, 0.05) is 12.2 Å². The van der Waals surface area contributed by atoms with Crippen LogP contribution < -0.4 is 19.7 Å². The van der Waals surface area contributed by atoms with E-state index in [9.17, 15) is 9.59 Å². The van der Waals surface area contributed by atoms with Gasteiger partial charge in [-0.3, -0.25) is 14.2 Å². The number of thiazole rings is 1. The van der Waals surface area contributed by atoms with Crippen molar-refractivity contribution >= 4 is 33.1 Å². The Morgan fingerprint density at radius 1 is 1.23 bits per heavy atom. The van der Waals surface area contributed by atoms with Crippen LogP contribution in [0.25, 0.3) is 10.2 Å². The minimum Gasteiger partial charge on any atom is -0.493 e. The summed E-state index contributed by atoms with van der Waals surface area (Å²) in [6.45, 7) is 4.22. The van der Waals surface area contributed by atoms with Crippen LogP contribution in [0.2, 0.25) is 0 Å². The highest BCUT2D eigenvalue weighted by Gasteiger charge is 2.17. The van der Waals surface area contributed by atoms with E-state index in [1.165, 1.54) is 11.3 Å². The van der Waals surface area contributed by atoms with Gasteiger partial charge in [0.25, 0.3) is 5.91 Å². The molecule has 3 rings (SSSR count). The molecule has 0 saturated heterocycles. The van der Waals surface area contributed by atoms with E-state index in [2.05, 4.69) is 5.32 Å². The van der Waals surface area contributed by atoms with Crippen molar-refractivity contribution in [1.82, 2.24) is 4.57 Å². The molecule has 6 nitrogen and oxygen atoms in total. The summed E-state index contributed by atoms with van der Waals surface area (Å²) in [6.07, 6.45) is -0.707. The molecule has 26 heavy (non-hydrogen) atoms. The third-order valence-electron chi connectivity index (χ3n) is 3.99. The summed E-state index contributed by atoms with van der Waals surface area (Å²) in [7, 11) is 1.55. The third kappa shape index (κ3) is 3.57. The Labute approximate surface area is 155 Å². The number of ether oxygens (including phenoxy) is 2. The van der Waals surface area contributed by atoms with E-state index >= 15 is 0 Å². The van der Waals surface area contributed by atoms with Crippen molar-refractivity contribution in [2.75, 3.05) is 12.4 Å². The van der Waals surface area contributed by atoms with Crippen LogP contribution in [0.4, 0.5) is 5.69 Å². The second-order valence-electron chi connectivity index (χ2n) is 5.69. The first kappa shape index (κ1) is 18.0. The zero-order valence-corrected chi connectivity index (χ0v) is 15.6. The predicted octanol–water partition coefficient (Wildman–Crippen LogP) is 3.50. The molecule has 1 aromatic heterocycles. The van der Waals surface area contributed by atoms with Crippen molar-refractivity contribution in [2.45, 2.75) is 26.5 Å². The van der Waals surface area contributed by atoms with E-state index in [-0.39, 0.29) is 10.8 Å². The van der Waals surface area contributed by atoms with Crippen molar-refractivity contribution in [3.05, 3.63) is 52.1 Å². The largest absolute Gasteiger partial charge is 0.493 e.